The molecule has 0 spiro atoms. The highest BCUT2D eigenvalue weighted by Gasteiger charge is 2.20. The molecule has 0 saturated carbocycles. The molecule has 7 heterocycles. The number of furan rings is 2. The fourth-order valence-corrected chi connectivity index (χ4v) is 9.32. The van der Waals surface area contributed by atoms with E-state index in [0.717, 1.165) is 42.6 Å². The van der Waals surface area contributed by atoms with Gasteiger partial charge in [-0.05, 0) is 82.2 Å². The van der Waals surface area contributed by atoms with E-state index in [2.05, 4.69) is 94.4 Å². The summed E-state index contributed by atoms with van der Waals surface area (Å²) in [5, 5.41) is 8.50. The molecule has 0 fully saturated rings. The number of thioether (sulfide) groups is 2. The van der Waals surface area contributed by atoms with Crippen LogP contribution in [0.25, 0.3) is 50.6 Å². The van der Waals surface area contributed by atoms with Crippen LogP contribution < -0.4 is 0 Å². The van der Waals surface area contributed by atoms with Gasteiger partial charge in [0.05, 0.1) is 19.6 Å². The van der Waals surface area contributed by atoms with Crippen LogP contribution in [0.5, 0.6) is 0 Å². The van der Waals surface area contributed by atoms with E-state index >= 15 is 0 Å². The minimum absolute atomic E-state index is 0.879. The zero-order valence-corrected chi connectivity index (χ0v) is 23.4. The maximum Gasteiger partial charge on any atom is 0.144 e. The first-order chi connectivity index (χ1) is 17.8. The summed E-state index contributed by atoms with van der Waals surface area (Å²) in [6.45, 7) is 0. The summed E-state index contributed by atoms with van der Waals surface area (Å²) >= 11 is 10.4. The number of rotatable bonds is 6. The molecule has 0 radical (unpaired) electrons. The van der Waals surface area contributed by atoms with E-state index in [1.165, 1.54) is 19.5 Å². The largest absolute Gasteiger partial charge is 0.455 e. The van der Waals surface area contributed by atoms with Crippen LogP contribution in [0, 0.1) is 0 Å². The van der Waals surface area contributed by atoms with E-state index in [4.69, 9.17) is 8.83 Å². The fraction of sp³-hybridized carbons (Fsp3) is 0. The Morgan fingerprint density at radius 3 is 1.39 bits per heavy atom. The van der Waals surface area contributed by atoms with Crippen molar-refractivity contribution in [3.8, 4) is 40.8 Å². The Morgan fingerprint density at radius 2 is 0.917 bits per heavy atom. The predicted molar refractivity (Wildman–Crippen MR) is 162 cm³/mol. The van der Waals surface area contributed by atoms with Gasteiger partial charge in [0.1, 0.15) is 23.0 Å². The molecular formula is C28H16O2S6. The lowest BCUT2D eigenvalue weighted by molar-refractivity contribution is 0.571. The van der Waals surface area contributed by atoms with Crippen molar-refractivity contribution >= 4 is 78.7 Å². The van der Waals surface area contributed by atoms with Crippen LogP contribution in [0.3, 0.4) is 0 Å². The van der Waals surface area contributed by atoms with Crippen LogP contribution in [-0.2, 0) is 0 Å². The van der Waals surface area contributed by atoms with Gasteiger partial charge in [0.2, 0.25) is 0 Å². The molecule has 6 aromatic rings. The molecule has 2 nitrogen and oxygen atoms in total. The Kier molecular flexibility index (Phi) is 6.17. The third kappa shape index (κ3) is 4.42. The van der Waals surface area contributed by atoms with E-state index in [9.17, 15) is 0 Å². The van der Waals surface area contributed by atoms with Crippen molar-refractivity contribution in [1.82, 2.24) is 0 Å². The monoisotopic (exact) mass is 576 g/mol. The fourth-order valence-electron chi connectivity index (χ4n) is 3.79. The van der Waals surface area contributed by atoms with Crippen LogP contribution in [-0.4, -0.2) is 0 Å². The van der Waals surface area contributed by atoms with Crippen LogP contribution in [0.1, 0.15) is 11.5 Å². The number of hydrogen-bond donors (Lipinski definition) is 0. The van der Waals surface area contributed by atoms with Crippen molar-refractivity contribution in [3.05, 3.63) is 106 Å². The summed E-state index contributed by atoms with van der Waals surface area (Å²) in [4.78, 5) is 9.58. The molecule has 6 aromatic heterocycles. The van der Waals surface area contributed by atoms with Crippen LogP contribution in [0.2, 0.25) is 0 Å². The molecule has 1 aliphatic rings. The average Bonchev–Trinajstić information content (AvgIpc) is 3.75. The van der Waals surface area contributed by atoms with Gasteiger partial charge in [-0.15, -0.1) is 57.1 Å². The van der Waals surface area contributed by atoms with E-state index in [1.807, 2.05) is 0 Å². The Labute approximate surface area is 232 Å². The summed E-state index contributed by atoms with van der Waals surface area (Å²) in [5.74, 6) is 3.56. The molecule has 8 heteroatoms. The minimum atomic E-state index is 0.879. The molecule has 176 valence electrons. The first kappa shape index (κ1) is 22.7. The quantitative estimate of drug-likeness (QED) is 0.197. The zero-order chi connectivity index (χ0) is 23.9. The predicted octanol–water partition coefficient (Wildman–Crippen LogP) is 11.6. The molecule has 0 N–H and O–H groups in total. The Hall–Kier alpha value is -2.46. The molecule has 0 saturated heterocycles. The second-order valence-electron chi connectivity index (χ2n) is 7.81. The molecule has 0 bridgehead atoms. The summed E-state index contributed by atoms with van der Waals surface area (Å²) in [6.07, 6.45) is 0. The SMILES string of the molecule is C1=C(c2ccc(-c3ccc(-c4cccs4)s3)o2)SC(c2ccc(-c3ccc(-c4cccs4)s3)o2)=CS1. The maximum atomic E-state index is 6.29. The van der Waals surface area contributed by atoms with Gasteiger partial charge >= 0.3 is 0 Å². The van der Waals surface area contributed by atoms with Gasteiger partial charge < -0.3 is 8.83 Å². The Bertz CT molecular complexity index is 1560. The lowest BCUT2D eigenvalue weighted by atomic mass is 10.3. The Morgan fingerprint density at radius 1 is 0.444 bits per heavy atom. The highest BCUT2D eigenvalue weighted by Crippen LogP contribution is 2.48. The number of thiophene rings is 4. The molecule has 0 aliphatic carbocycles. The van der Waals surface area contributed by atoms with Crippen LogP contribution in [0.4, 0.5) is 0 Å². The summed E-state index contributed by atoms with van der Waals surface area (Å²) in [7, 11) is 0. The highest BCUT2D eigenvalue weighted by molar-refractivity contribution is 8.20. The second-order valence-corrected chi connectivity index (χ2v) is 13.7. The standard InChI is InChI=1S/C28H16O2S6/c1-3-23(32-13-1)25-11-9-21(34-25)17-5-7-19(29-17)27-15-31-16-28(36-27)20-8-6-18(30-20)22-10-12-26(35-22)24-4-2-14-33-24/h1-16H. The molecule has 0 amide bonds. The van der Waals surface area contributed by atoms with Crippen molar-refractivity contribution < 1.29 is 8.83 Å². The maximum absolute atomic E-state index is 6.29. The van der Waals surface area contributed by atoms with E-state index in [-0.39, 0.29) is 0 Å². The smallest absolute Gasteiger partial charge is 0.144 e. The van der Waals surface area contributed by atoms with Crippen LogP contribution in [0.15, 0.2) is 103 Å². The topological polar surface area (TPSA) is 26.3 Å². The van der Waals surface area contributed by atoms with Crippen molar-refractivity contribution in [2.45, 2.75) is 0 Å². The third-order valence-corrected chi connectivity index (χ3v) is 11.9. The van der Waals surface area contributed by atoms with Gasteiger partial charge in [-0.25, -0.2) is 0 Å². The number of hydrogen-bond acceptors (Lipinski definition) is 8. The molecular weight excluding hydrogens is 561 g/mol. The second kappa shape index (κ2) is 9.78. The molecule has 0 unspecified atom stereocenters. The molecule has 0 atom stereocenters. The van der Waals surface area contributed by atoms with Crippen molar-refractivity contribution in [1.29, 1.82) is 0 Å². The van der Waals surface area contributed by atoms with Crippen LogP contribution >= 0.6 is 68.9 Å². The first-order valence-electron chi connectivity index (χ1n) is 11.0. The van der Waals surface area contributed by atoms with E-state index < -0.39 is 0 Å². The normalized spacial score (nSPS) is 13.7. The Balaban J connectivity index is 1.08. The highest BCUT2D eigenvalue weighted by atomic mass is 32.2. The van der Waals surface area contributed by atoms with Crippen molar-refractivity contribution in [2.75, 3.05) is 0 Å². The molecule has 1 aliphatic heterocycles. The van der Waals surface area contributed by atoms with Crippen molar-refractivity contribution in [2.24, 2.45) is 0 Å². The summed E-state index contributed by atoms with van der Waals surface area (Å²) in [5.41, 5.74) is 0. The third-order valence-electron chi connectivity index (χ3n) is 5.49. The zero-order valence-electron chi connectivity index (χ0n) is 18.5. The van der Waals surface area contributed by atoms with Gasteiger partial charge in [0.15, 0.2) is 0 Å². The lowest BCUT2D eigenvalue weighted by Crippen LogP contribution is -1.82. The minimum Gasteiger partial charge on any atom is -0.455 e. The lowest BCUT2D eigenvalue weighted by Gasteiger charge is -2.10. The van der Waals surface area contributed by atoms with Gasteiger partial charge in [-0.3, -0.25) is 0 Å². The molecule has 36 heavy (non-hydrogen) atoms. The van der Waals surface area contributed by atoms with Gasteiger partial charge in [0.25, 0.3) is 0 Å². The first-order valence-corrected chi connectivity index (χ1v) is 16.2. The summed E-state index contributed by atoms with van der Waals surface area (Å²) in [6, 6.07) is 25.4. The molecule has 0 aromatic carbocycles. The van der Waals surface area contributed by atoms with Gasteiger partial charge in [-0.1, -0.05) is 23.9 Å². The van der Waals surface area contributed by atoms with E-state index in [1.54, 1.807) is 68.9 Å². The van der Waals surface area contributed by atoms with Gasteiger partial charge in [-0.2, -0.15) is 0 Å². The van der Waals surface area contributed by atoms with Crippen molar-refractivity contribution in [3.63, 3.8) is 0 Å². The van der Waals surface area contributed by atoms with E-state index in [0.29, 0.717) is 0 Å². The average molecular weight is 577 g/mol. The molecule has 7 rings (SSSR count). The van der Waals surface area contributed by atoms with Gasteiger partial charge in [0, 0.05) is 19.5 Å². The summed E-state index contributed by atoms with van der Waals surface area (Å²) < 4.78 is 12.6.